The maximum absolute atomic E-state index is 14.4. The monoisotopic (exact) mass is 549 g/mol. The molecular weight excluding hydrogens is 521 g/mol. The fourth-order valence-corrected chi connectivity index (χ4v) is 4.98. The number of hydrogen-bond donors (Lipinski definition) is 1. The van der Waals surface area contributed by atoms with Crippen molar-refractivity contribution in [1.29, 1.82) is 0 Å². The molecule has 8 nitrogen and oxygen atoms in total. The van der Waals surface area contributed by atoms with E-state index in [4.69, 9.17) is 9.47 Å². The molecule has 39 heavy (non-hydrogen) atoms. The summed E-state index contributed by atoms with van der Waals surface area (Å²) in [7, 11) is 1.59. The lowest BCUT2D eigenvalue weighted by Gasteiger charge is -2.32. The molecule has 1 atom stereocenters. The average Bonchev–Trinajstić information content (AvgIpc) is 2.94. The third-order valence-corrected chi connectivity index (χ3v) is 7.14. The van der Waals surface area contributed by atoms with E-state index in [1.54, 1.807) is 50.4 Å². The number of rotatable bonds is 9. The maximum atomic E-state index is 14.4. The Morgan fingerprint density at radius 2 is 1.79 bits per heavy atom. The van der Waals surface area contributed by atoms with Crippen LogP contribution in [0.2, 0.25) is 0 Å². The summed E-state index contributed by atoms with van der Waals surface area (Å²) in [5, 5.41) is 2.27. The van der Waals surface area contributed by atoms with Crippen LogP contribution in [0.1, 0.15) is 29.3 Å². The highest BCUT2D eigenvalue weighted by atomic mass is 32.2. The second-order valence-electron chi connectivity index (χ2n) is 8.59. The predicted molar refractivity (Wildman–Crippen MR) is 149 cm³/mol. The number of methoxy groups -OCH3 is 1. The van der Waals surface area contributed by atoms with Gasteiger partial charge < -0.3 is 14.8 Å². The van der Waals surface area contributed by atoms with E-state index in [-0.39, 0.29) is 29.8 Å². The van der Waals surface area contributed by atoms with E-state index >= 15 is 0 Å². The van der Waals surface area contributed by atoms with Crippen LogP contribution >= 0.6 is 11.8 Å². The lowest BCUT2D eigenvalue weighted by molar-refractivity contribution is -0.129. The Kier molecular flexibility index (Phi) is 9.32. The molecule has 0 radical (unpaired) electrons. The van der Waals surface area contributed by atoms with Crippen molar-refractivity contribution in [2.45, 2.75) is 25.0 Å². The van der Waals surface area contributed by atoms with Crippen LogP contribution in [0.25, 0.3) is 0 Å². The zero-order chi connectivity index (χ0) is 27.8. The molecule has 0 bridgehead atoms. The van der Waals surface area contributed by atoms with Crippen molar-refractivity contribution >= 4 is 46.1 Å². The molecule has 3 aromatic carbocycles. The Labute approximate surface area is 230 Å². The highest BCUT2D eigenvalue weighted by Gasteiger charge is 2.36. The van der Waals surface area contributed by atoms with Crippen molar-refractivity contribution in [2.75, 3.05) is 25.6 Å². The molecule has 10 heteroatoms. The zero-order valence-electron chi connectivity index (χ0n) is 21.6. The SMILES string of the molecule is CCOC(=O)c1ccc(NC(=O)[C@H]2CC(=O)N(CCc3ccc(OC)cc3)C(=Nc3ccccc3F)S2)cc1. The van der Waals surface area contributed by atoms with Crippen LogP contribution in [0.15, 0.2) is 77.8 Å². The van der Waals surface area contributed by atoms with Crippen molar-refractivity contribution < 1.29 is 28.2 Å². The van der Waals surface area contributed by atoms with Gasteiger partial charge in [0, 0.05) is 18.7 Å². The molecule has 1 N–H and O–H groups in total. The van der Waals surface area contributed by atoms with E-state index in [9.17, 15) is 18.8 Å². The number of amides is 2. The van der Waals surface area contributed by atoms with Gasteiger partial charge in [0.05, 0.1) is 19.3 Å². The first kappa shape index (κ1) is 27.8. The summed E-state index contributed by atoms with van der Waals surface area (Å²) in [5.74, 6) is -0.924. The van der Waals surface area contributed by atoms with Gasteiger partial charge in [0.25, 0.3) is 0 Å². The van der Waals surface area contributed by atoms with Gasteiger partial charge in [-0.15, -0.1) is 0 Å². The van der Waals surface area contributed by atoms with Gasteiger partial charge in [-0.25, -0.2) is 14.2 Å². The minimum absolute atomic E-state index is 0.0453. The van der Waals surface area contributed by atoms with Gasteiger partial charge in [-0.1, -0.05) is 36.0 Å². The number of benzene rings is 3. The lowest BCUT2D eigenvalue weighted by Crippen LogP contribution is -2.46. The predicted octanol–water partition coefficient (Wildman–Crippen LogP) is 5.21. The van der Waals surface area contributed by atoms with Crippen LogP contribution in [0.3, 0.4) is 0 Å². The van der Waals surface area contributed by atoms with Gasteiger partial charge in [0.15, 0.2) is 5.17 Å². The van der Waals surface area contributed by atoms with E-state index in [1.165, 1.54) is 17.0 Å². The molecule has 0 aliphatic carbocycles. The van der Waals surface area contributed by atoms with Crippen LogP contribution < -0.4 is 10.1 Å². The number of thioether (sulfide) groups is 1. The molecule has 1 saturated heterocycles. The molecule has 3 aromatic rings. The second kappa shape index (κ2) is 13.1. The largest absolute Gasteiger partial charge is 0.497 e. The summed E-state index contributed by atoms with van der Waals surface area (Å²) in [6.45, 7) is 2.30. The first-order valence-electron chi connectivity index (χ1n) is 12.4. The number of esters is 1. The summed E-state index contributed by atoms with van der Waals surface area (Å²) in [5.41, 5.74) is 1.90. The average molecular weight is 550 g/mol. The molecule has 0 unspecified atom stereocenters. The number of ether oxygens (including phenoxy) is 2. The van der Waals surface area contributed by atoms with Crippen LogP contribution in [-0.4, -0.2) is 53.4 Å². The van der Waals surface area contributed by atoms with Gasteiger partial charge in [-0.3, -0.25) is 14.5 Å². The quantitative estimate of drug-likeness (QED) is 0.368. The maximum Gasteiger partial charge on any atom is 0.338 e. The van der Waals surface area contributed by atoms with Crippen LogP contribution in [0.5, 0.6) is 5.75 Å². The van der Waals surface area contributed by atoms with Crippen LogP contribution in [0, 0.1) is 5.82 Å². The number of carbonyl (C=O) groups is 3. The van der Waals surface area contributed by atoms with Gasteiger partial charge in [0.1, 0.15) is 22.5 Å². The molecule has 1 aliphatic heterocycles. The van der Waals surface area contributed by atoms with E-state index in [0.717, 1.165) is 23.1 Å². The highest BCUT2D eigenvalue weighted by molar-refractivity contribution is 8.15. The van der Waals surface area contributed by atoms with E-state index in [2.05, 4.69) is 10.3 Å². The Morgan fingerprint density at radius 1 is 1.08 bits per heavy atom. The summed E-state index contributed by atoms with van der Waals surface area (Å²) in [6, 6.07) is 19.8. The molecule has 1 heterocycles. The smallest absolute Gasteiger partial charge is 0.338 e. The number of anilines is 1. The van der Waals surface area contributed by atoms with Gasteiger partial charge in [-0.2, -0.15) is 0 Å². The second-order valence-corrected chi connectivity index (χ2v) is 9.76. The molecule has 202 valence electrons. The summed E-state index contributed by atoms with van der Waals surface area (Å²) >= 11 is 1.11. The summed E-state index contributed by atoms with van der Waals surface area (Å²) in [4.78, 5) is 44.2. The van der Waals surface area contributed by atoms with Crippen LogP contribution in [-0.2, 0) is 20.7 Å². The number of halogens is 1. The third kappa shape index (κ3) is 7.23. The Morgan fingerprint density at radius 3 is 2.46 bits per heavy atom. The molecule has 1 aliphatic rings. The molecule has 1 fully saturated rings. The topological polar surface area (TPSA) is 97.3 Å². The number of para-hydroxylation sites is 1. The lowest BCUT2D eigenvalue weighted by atomic mass is 10.1. The number of amidine groups is 1. The van der Waals surface area contributed by atoms with E-state index < -0.39 is 22.9 Å². The van der Waals surface area contributed by atoms with Gasteiger partial charge in [-0.05, 0) is 67.4 Å². The van der Waals surface area contributed by atoms with E-state index in [1.807, 2.05) is 24.3 Å². The van der Waals surface area contributed by atoms with E-state index in [0.29, 0.717) is 24.2 Å². The number of nitrogens with zero attached hydrogens (tertiary/aromatic N) is 2. The first-order valence-corrected chi connectivity index (χ1v) is 13.3. The number of carbonyl (C=O) groups excluding carboxylic acids is 3. The number of hydrogen-bond acceptors (Lipinski definition) is 7. The summed E-state index contributed by atoms with van der Waals surface area (Å²) < 4.78 is 24.6. The van der Waals surface area contributed by atoms with Gasteiger partial charge in [0.2, 0.25) is 11.8 Å². The minimum Gasteiger partial charge on any atom is -0.497 e. The standard InChI is InChI=1S/C29H28FN3O5S/c1-3-38-28(36)20-10-12-21(13-11-20)31-27(35)25-18-26(34)33(17-16-19-8-14-22(37-2)15-9-19)29(39-25)32-24-7-5-4-6-23(24)30/h4-15,25H,3,16-18H2,1-2H3,(H,31,35)/t25-/m1/s1. The summed E-state index contributed by atoms with van der Waals surface area (Å²) in [6.07, 6.45) is 0.493. The van der Waals surface area contributed by atoms with Crippen molar-refractivity contribution in [3.8, 4) is 5.75 Å². The molecule has 0 saturated carbocycles. The third-order valence-electron chi connectivity index (χ3n) is 5.95. The molecule has 2 amide bonds. The molecule has 0 spiro atoms. The normalized spacial score (nSPS) is 16.2. The fourth-order valence-electron chi connectivity index (χ4n) is 3.87. The highest BCUT2D eigenvalue weighted by Crippen LogP contribution is 2.31. The van der Waals surface area contributed by atoms with Crippen molar-refractivity contribution in [1.82, 2.24) is 4.90 Å². The van der Waals surface area contributed by atoms with Crippen molar-refractivity contribution in [2.24, 2.45) is 4.99 Å². The van der Waals surface area contributed by atoms with Crippen LogP contribution in [0.4, 0.5) is 15.8 Å². The molecular formula is C29H28FN3O5S. The zero-order valence-corrected chi connectivity index (χ0v) is 22.4. The Bertz CT molecular complexity index is 1360. The fraction of sp³-hybridized carbons (Fsp3) is 0.241. The van der Waals surface area contributed by atoms with Crippen molar-refractivity contribution in [3.63, 3.8) is 0 Å². The number of aliphatic imine (C=N–C) groups is 1. The molecule has 4 rings (SSSR count). The minimum atomic E-state index is -0.773. The number of nitrogens with one attached hydrogen (secondary N) is 1. The van der Waals surface area contributed by atoms with Crippen molar-refractivity contribution in [3.05, 3.63) is 89.7 Å². The van der Waals surface area contributed by atoms with Gasteiger partial charge >= 0.3 is 5.97 Å². The Balaban J connectivity index is 1.50. The Hall–Kier alpha value is -4.18. The molecule has 0 aromatic heterocycles. The first-order chi connectivity index (χ1) is 18.9.